The molecule has 0 radical (unpaired) electrons. The Morgan fingerprint density at radius 1 is 1.27 bits per heavy atom. The van der Waals surface area contributed by atoms with E-state index < -0.39 is 11.2 Å². The van der Waals surface area contributed by atoms with Gasteiger partial charge in [0.1, 0.15) is 5.82 Å². The first-order chi connectivity index (χ1) is 14.3. The number of nitrogens with zero attached hydrogens (tertiary/aromatic N) is 2. The van der Waals surface area contributed by atoms with Crippen LogP contribution in [-0.2, 0) is 11.3 Å². The highest BCUT2D eigenvalue weighted by molar-refractivity contribution is 7.98. The maximum atomic E-state index is 13.0. The molecule has 0 aliphatic rings. The van der Waals surface area contributed by atoms with Crippen molar-refractivity contribution in [3.63, 3.8) is 0 Å². The van der Waals surface area contributed by atoms with Crippen LogP contribution in [0.25, 0.3) is 6.08 Å². The number of carbonyl (C=O) groups excluding carboxylic acids is 1. The highest BCUT2D eigenvalue weighted by Gasteiger charge is 2.23. The van der Waals surface area contributed by atoms with E-state index >= 15 is 0 Å². The summed E-state index contributed by atoms with van der Waals surface area (Å²) in [6.45, 7) is 6.57. The predicted octanol–water partition coefficient (Wildman–Crippen LogP) is 3.34. The maximum Gasteiger partial charge on any atom is 0.330 e. The van der Waals surface area contributed by atoms with Crippen molar-refractivity contribution in [1.29, 1.82) is 0 Å². The van der Waals surface area contributed by atoms with Gasteiger partial charge in [-0.25, -0.2) is 4.79 Å². The molecule has 0 aliphatic heterocycles. The topological polar surface area (TPSA) is 101 Å². The van der Waals surface area contributed by atoms with Gasteiger partial charge >= 0.3 is 5.69 Å². The first kappa shape index (κ1) is 23.5. The Hall–Kier alpha value is -2.74. The number of nitrogens with one attached hydrogen (secondary N) is 1. The lowest BCUT2D eigenvalue weighted by Crippen LogP contribution is -2.42. The minimum absolute atomic E-state index is 0.0175. The minimum atomic E-state index is -0.656. The van der Waals surface area contributed by atoms with Crippen LogP contribution in [-0.4, -0.2) is 28.3 Å². The van der Waals surface area contributed by atoms with Crippen LogP contribution in [0.3, 0.4) is 0 Å². The van der Waals surface area contributed by atoms with E-state index in [1.165, 1.54) is 15.5 Å². The Morgan fingerprint density at radius 3 is 2.50 bits per heavy atom. The Morgan fingerprint density at radius 2 is 1.93 bits per heavy atom. The zero-order valence-electron chi connectivity index (χ0n) is 18.0. The van der Waals surface area contributed by atoms with Crippen molar-refractivity contribution in [3.05, 3.63) is 56.7 Å². The van der Waals surface area contributed by atoms with Gasteiger partial charge in [-0.1, -0.05) is 39.3 Å². The van der Waals surface area contributed by atoms with Crippen molar-refractivity contribution >= 4 is 35.3 Å². The minimum Gasteiger partial charge on any atom is -0.383 e. The number of thioether (sulfide) groups is 1. The normalized spacial score (nSPS) is 11.4. The third kappa shape index (κ3) is 5.89. The summed E-state index contributed by atoms with van der Waals surface area (Å²) in [5, 5.41) is 0. The van der Waals surface area contributed by atoms with E-state index in [4.69, 9.17) is 5.73 Å². The number of nitrogen functional groups attached to an aromatic ring is 1. The zero-order chi connectivity index (χ0) is 22.3. The number of hydrogen-bond donors (Lipinski definition) is 2. The molecule has 162 valence electrons. The predicted molar refractivity (Wildman–Crippen MR) is 125 cm³/mol. The number of aromatic nitrogens is 2. The summed E-state index contributed by atoms with van der Waals surface area (Å²) in [5.41, 5.74) is 5.88. The average Bonchev–Trinajstić information content (AvgIpc) is 2.71. The number of rotatable bonds is 9. The smallest absolute Gasteiger partial charge is 0.330 e. The number of nitrogens with two attached hydrogens (primary N) is 1. The number of H-pyrrole nitrogens is 1. The molecule has 8 heteroatoms. The molecule has 2 rings (SSSR count). The lowest BCUT2D eigenvalue weighted by atomic mass is 10.1. The monoisotopic (exact) mass is 430 g/mol. The standard InChI is InChI=1S/C22H30N4O3S/c1-5-6-13-25-20(23)19(21(28)24-22(25)29)26(14-15(2)3)18(27)12-9-16-7-10-17(30-4)11-8-16/h7-12,15H,5-6,13-14,23H2,1-4H3,(H,24,28,29)/b12-9+. The van der Waals surface area contributed by atoms with Crippen molar-refractivity contribution < 1.29 is 4.79 Å². The summed E-state index contributed by atoms with van der Waals surface area (Å²) >= 11 is 1.64. The summed E-state index contributed by atoms with van der Waals surface area (Å²) in [7, 11) is 0. The molecule has 3 N–H and O–H groups in total. The van der Waals surface area contributed by atoms with Crippen LogP contribution in [0, 0.1) is 5.92 Å². The van der Waals surface area contributed by atoms with Gasteiger partial charge < -0.3 is 10.6 Å². The summed E-state index contributed by atoms with van der Waals surface area (Å²) in [6, 6.07) is 7.81. The second-order valence-corrected chi connectivity index (χ2v) is 8.33. The molecule has 1 aromatic carbocycles. The second-order valence-electron chi connectivity index (χ2n) is 7.45. The molecule has 0 saturated carbocycles. The number of carbonyl (C=O) groups is 1. The third-order valence-corrected chi connectivity index (χ3v) is 5.31. The van der Waals surface area contributed by atoms with Gasteiger partial charge in [0.25, 0.3) is 11.5 Å². The highest BCUT2D eigenvalue weighted by Crippen LogP contribution is 2.20. The molecule has 0 atom stereocenters. The van der Waals surface area contributed by atoms with Crippen molar-refractivity contribution in [2.24, 2.45) is 5.92 Å². The summed E-state index contributed by atoms with van der Waals surface area (Å²) in [6.07, 6.45) is 6.74. The molecule has 1 aromatic heterocycles. The molecule has 0 spiro atoms. The number of anilines is 2. The first-order valence-electron chi connectivity index (χ1n) is 10.0. The molecule has 1 amide bonds. The van der Waals surface area contributed by atoms with Gasteiger partial charge in [-0.3, -0.25) is 19.1 Å². The van der Waals surface area contributed by atoms with E-state index in [9.17, 15) is 14.4 Å². The van der Waals surface area contributed by atoms with E-state index in [1.807, 2.05) is 51.3 Å². The Balaban J connectivity index is 2.43. The van der Waals surface area contributed by atoms with Gasteiger partial charge in [0.2, 0.25) is 0 Å². The molecule has 0 saturated heterocycles. The quantitative estimate of drug-likeness (QED) is 0.469. The van der Waals surface area contributed by atoms with Crippen molar-refractivity contribution in [3.8, 4) is 0 Å². The average molecular weight is 431 g/mol. The lowest BCUT2D eigenvalue weighted by Gasteiger charge is -2.25. The van der Waals surface area contributed by atoms with Crippen LogP contribution in [0.5, 0.6) is 0 Å². The number of benzene rings is 1. The van der Waals surface area contributed by atoms with E-state index in [2.05, 4.69) is 4.98 Å². The van der Waals surface area contributed by atoms with E-state index in [-0.39, 0.29) is 23.3 Å². The molecule has 30 heavy (non-hydrogen) atoms. The molecule has 0 bridgehead atoms. The molecule has 0 fully saturated rings. The molecule has 0 unspecified atom stereocenters. The fraction of sp³-hybridized carbons (Fsp3) is 0.409. The fourth-order valence-electron chi connectivity index (χ4n) is 3.01. The first-order valence-corrected chi connectivity index (χ1v) is 11.3. The van der Waals surface area contributed by atoms with Gasteiger partial charge in [0, 0.05) is 24.1 Å². The second kappa shape index (κ2) is 10.9. The third-order valence-electron chi connectivity index (χ3n) is 4.57. The zero-order valence-corrected chi connectivity index (χ0v) is 18.8. The van der Waals surface area contributed by atoms with E-state index in [0.717, 1.165) is 23.3 Å². The van der Waals surface area contributed by atoms with Gasteiger partial charge in [-0.2, -0.15) is 0 Å². The van der Waals surface area contributed by atoms with Gasteiger partial charge in [-0.05, 0) is 42.4 Å². The Kier molecular flexibility index (Phi) is 8.53. The SMILES string of the molecule is CCCCn1c(N)c(N(CC(C)C)C(=O)/C=C/c2ccc(SC)cc2)c(=O)[nH]c1=O. The fourth-order valence-corrected chi connectivity index (χ4v) is 3.41. The Bertz CT molecular complexity index is 1010. The van der Waals surface area contributed by atoms with Crippen LogP contribution < -0.4 is 21.9 Å². The lowest BCUT2D eigenvalue weighted by molar-refractivity contribution is -0.114. The van der Waals surface area contributed by atoms with Crippen LogP contribution >= 0.6 is 11.8 Å². The molecule has 0 aliphatic carbocycles. The molecular formula is C22H30N4O3S. The summed E-state index contributed by atoms with van der Waals surface area (Å²) in [4.78, 5) is 42.6. The Labute approximate surface area is 181 Å². The van der Waals surface area contributed by atoms with Gasteiger partial charge in [0.05, 0.1) is 0 Å². The number of aromatic amines is 1. The summed E-state index contributed by atoms with van der Waals surface area (Å²) in [5.74, 6) is -0.252. The van der Waals surface area contributed by atoms with Crippen LogP contribution in [0.1, 0.15) is 39.2 Å². The number of unbranched alkanes of at least 4 members (excludes halogenated alkanes) is 1. The molecular weight excluding hydrogens is 400 g/mol. The van der Waals surface area contributed by atoms with Crippen molar-refractivity contribution in [2.75, 3.05) is 23.4 Å². The van der Waals surface area contributed by atoms with E-state index in [0.29, 0.717) is 13.1 Å². The maximum absolute atomic E-state index is 13.0. The van der Waals surface area contributed by atoms with Crippen LogP contribution in [0.2, 0.25) is 0 Å². The number of amides is 1. The summed E-state index contributed by atoms with van der Waals surface area (Å²) < 4.78 is 1.33. The number of hydrogen-bond acceptors (Lipinski definition) is 5. The largest absolute Gasteiger partial charge is 0.383 e. The van der Waals surface area contributed by atoms with Crippen molar-refractivity contribution in [1.82, 2.24) is 9.55 Å². The van der Waals surface area contributed by atoms with Crippen LogP contribution in [0.15, 0.2) is 44.8 Å². The van der Waals surface area contributed by atoms with Crippen LogP contribution in [0.4, 0.5) is 11.5 Å². The van der Waals surface area contributed by atoms with Gasteiger partial charge in [-0.15, -0.1) is 11.8 Å². The molecule has 1 heterocycles. The molecule has 7 nitrogen and oxygen atoms in total. The highest BCUT2D eigenvalue weighted by atomic mass is 32.2. The van der Waals surface area contributed by atoms with Gasteiger partial charge in [0.15, 0.2) is 5.69 Å². The van der Waals surface area contributed by atoms with Crippen molar-refractivity contribution in [2.45, 2.75) is 45.1 Å². The molecule has 2 aromatic rings. The van der Waals surface area contributed by atoms with E-state index in [1.54, 1.807) is 17.8 Å².